The maximum Gasteiger partial charge on any atom is 0.140 e. The van der Waals surface area contributed by atoms with Crippen LogP contribution >= 0.6 is 11.6 Å². The maximum atomic E-state index is 8.59. The monoisotopic (exact) mass is 189 g/mol. The molecule has 12 heavy (non-hydrogen) atoms. The average Bonchev–Trinajstić information content (AvgIpc) is 2.15. The highest BCUT2D eigenvalue weighted by Crippen LogP contribution is 2.16. The zero-order valence-corrected chi connectivity index (χ0v) is 7.55. The number of halogens is 1. The van der Waals surface area contributed by atoms with Crippen LogP contribution in [-0.4, -0.2) is 23.4 Å². The van der Waals surface area contributed by atoms with Crippen molar-refractivity contribution in [1.82, 2.24) is 0 Å². The van der Waals surface area contributed by atoms with Gasteiger partial charge in [0.25, 0.3) is 0 Å². The van der Waals surface area contributed by atoms with Crippen molar-refractivity contribution in [3.8, 4) is 0 Å². The lowest BCUT2D eigenvalue weighted by molar-refractivity contribution is 0.241. The Bertz CT molecular complexity index is 201. The van der Waals surface area contributed by atoms with E-state index in [0.717, 1.165) is 19.3 Å². The van der Waals surface area contributed by atoms with Gasteiger partial charge in [-0.2, -0.15) is 0 Å². The van der Waals surface area contributed by atoms with Crippen LogP contribution in [-0.2, 0) is 4.74 Å². The third kappa shape index (κ3) is 2.41. The molecule has 0 fully saturated rings. The van der Waals surface area contributed by atoms with Crippen LogP contribution in [0.2, 0.25) is 0 Å². The summed E-state index contributed by atoms with van der Waals surface area (Å²) in [5.74, 6) is 1.14. The highest BCUT2D eigenvalue weighted by molar-refractivity contribution is 6.18. The van der Waals surface area contributed by atoms with E-state index < -0.39 is 0 Å². The Balaban J connectivity index is 2.52. The number of hydrogen-bond acceptors (Lipinski definition) is 3. The third-order valence-electron chi connectivity index (χ3n) is 1.69. The van der Waals surface area contributed by atoms with Gasteiger partial charge in [0.15, 0.2) is 0 Å². The van der Waals surface area contributed by atoms with Crippen molar-refractivity contribution in [1.29, 1.82) is 0 Å². The summed E-state index contributed by atoms with van der Waals surface area (Å²) in [6, 6.07) is 0. The molecule has 0 amide bonds. The number of hydrogen-bond donors (Lipinski definition) is 1. The zero-order chi connectivity index (χ0) is 8.81. The van der Waals surface area contributed by atoms with Gasteiger partial charge in [-0.05, 0) is 25.3 Å². The first-order chi connectivity index (χ1) is 5.88. The topological polar surface area (TPSA) is 41.8 Å². The number of allylic oxidation sites excluding steroid dienone is 2. The minimum atomic E-state index is 0.454. The molecule has 0 saturated heterocycles. The largest absolute Gasteiger partial charge is 0.491 e. The minimum Gasteiger partial charge on any atom is -0.491 e. The van der Waals surface area contributed by atoms with Gasteiger partial charge in [-0.25, -0.2) is 0 Å². The molecule has 0 aliphatic heterocycles. The molecule has 0 atom stereocenters. The van der Waals surface area contributed by atoms with E-state index in [1.807, 2.05) is 6.08 Å². The van der Waals surface area contributed by atoms with Gasteiger partial charge < -0.3 is 9.94 Å². The Hall–Kier alpha value is -0.700. The van der Waals surface area contributed by atoms with Gasteiger partial charge in [-0.1, -0.05) is 5.16 Å². The molecule has 4 heteroatoms. The normalized spacial score (nSPS) is 20.8. The van der Waals surface area contributed by atoms with Crippen molar-refractivity contribution in [2.24, 2.45) is 5.16 Å². The molecule has 1 rings (SSSR count). The van der Waals surface area contributed by atoms with Crippen molar-refractivity contribution in [3.63, 3.8) is 0 Å². The van der Waals surface area contributed by atoms with Crippen LogP contribution < -0.4 is 0 Å². The molecule has 0 aromatic carbocycles. The van der Waals surface area contributed by atoms with Gasteiger partial charge in [0.2, 0.25) is 0 Å². The molecule has 0 radical (unpaired) electrons. The predicted octanol–water partition coefficient (Wildman–Crippen LogP) is 2.14. The Morgan fingerprint density at radius 3 is 3.17 bits per heavy atom. The molecule has 0 unspecified atom stereocenters. The second-order valence-electron chi connectivity index (χ2n) is 2.54. The van der Waals surface area contributed by atoms with E-state index in [1.54, 1.807) is 0 Å². The van der Waals surface area contributed by atoms with E-state index in [4.69, 9.17) is 21.5 Å². The van der Waals surface area contributed by atoms with Gasteiger partial charge in [0.05, 0.1) is 5.88 Å². The average molecular weight is 190 g/mol. The molecule has 3 nitrogen and oxygen atoms in total. The van der Waals surface area contributed by atoms with Gasteiger partial charge in [-0.3, -0.25) is 0 Å². The van der Waals surface area contributed by atoms with Crippen LogP contribution in [0.3, 0.4) is 0 Å². The molecule has 0 bridgehead atoms. The molecule has 0 aromatic rings. The summed E-state index contributed by atoms with van der Waals surface area (Å²) >= 11 is 5.46. The standard InChI is InChI=1S/C8H12ClNO2/c9-5-6-12-8-4-2-1-3-7(8)10-11/h4,11H,1-3,5-6H2. The maximum absolute atomic E-state index is 8.59. The molecular formula is C8H12ClNO2. The predicted molar refractivity (Wildman–Crippen MR) is 47.8 cm³/mol. The lowest BCUT2D eigenvalue weighted by Crippen LogP contribution is -2.11. The molecule has 0 spiro atoms. The fourth-order valence-electron chi connectivity index (χ4n) is 1.13. The number of oxime groups is 1. The first-order valence-electron chi connectivity index (χ1n) is 3.98. The van der Waals surface area contributed by atoms with Crippen molar-refractivity contribution in [2.75, 3.05) is 12.5 Å². The number of alkyl halides is 1. The van der Waals surface area contributed by atoms with E-state index in [-0.39, 0.29) is 0 Å². The second kappa shape index (κ2) is 5.04. The van der Waals surface area contributed by atoms with E-state index in [9.17, 15) is 0 Å². The summed E-state index contributed by atoms with van der Waals surface area (Å²) in [6.45, 7) is 0.465. The van der Waals surface area contributed by atoms with Gasteiger partial charge in [0.1, 0.15) is 18.1 Å². The molecule has 0 aromatic heterocycles. The van der Waals surface area contributed by atoms with Crippen molar-refractivity contribution >= 4 is 17.3 Å². The molecule has 0 heterocycles. The molecule has 1 aliphatic rings. The summed E-state index contributed by atoms with van der Waals surface area (Å²) in [7, 11) is 0. The summed E-state index contributed by atoms with van der Waals surface area (Å²) in [5.41, 5.74) is 0.631. The summed E-state index contributed by atoms with van der Waals surface area (Å²) in [5, 5.41) is 11.8. The van der Waals surface area contributed by atoms with Gasteiger partial charge in [0, 0.05) is 0 Å². The summed E-state index contributed by atoms with van der Waals surface area (Å²) in [4.78, 5) is 0. The summed E-state index contributed by atoms with van der Waals surface area (Å²) in [6.07, 6.45) is 4.72. The molecule has 0 saturated carbocycles. The van der Waals surface area contributed by atoms with E-state index in [1.165, 1.54) is 0 Å². The third-order valence-corrected chi connectivity index (χ3v) is 1.84. The van der Waals surface area contributed by atoms with E-state index in [0.29, 0.717) is 24.0 Å². The van der Waals surface area contributed by atoms with Crippen LogP contribution in [0.1, 0.15) is 19.3 Å². The highest BCUT2D eigenvalue weighted by Gasteiger charge is 2.12. The Labute approximate surface area is 76.7 Å². The van der Waals surface area contributed by atoms with Crippen LogP contribution in [0.5, 0.6) is 0 Å². The quantitative estimate of drug-likeness (QED) is 0.420. The van der Waals surface area contributed by atoms with Gasteiger partial charge in [-0.15, -0.1) is 11.6 Å². The first-order valence-corrected chi connectivity index (χ1v) is 4.52. The molecular weight excluding hydrogens is 178 g/mol. The SMILES string of the molecule is ON=C1CCCC=C1OCCCl. The molecule has 68 valence electrons. The molecule has 1 N–H and O–H groups in total. The van der Waals surface area contributed by atoms with Gasteiger partial charge >= 0.3 is 0 Å². The summed E-state index contributed by atoms with van der Waals surface area (Å²) < 4.78 is 5.27. The lowest BCUT2D eigenvalue weighted by Gasteiger charge is -2.14. The number of ether oxygens (including phenoxy) is 1. The zero-order valence-electron chi connectivity index (χ0n) is 6.79. The Morgan fingerprint density at radius 2 is 2.50 bits per heavy atom. The smallest absolute Gasteiger partial charge is 0.140 e. The number of rotatable bonds is 3. The van der Waals surface area contributed by atoms with Crippen LogP contribution in [0, 0.1) is 0 Å². The van der Waals surface area contributed by atoms with Crippen molar-refractivity contribution < 1.29 is 9.94 Å². The highest BCUT2D eigenvalue weighted by atomic mass is 35.5. The Kier molecular flexibility index (Phi) is 3.94. The fourth-order valence-corrected chi connectivity index (χ4v) is 1.21. The van der Waals surface area contributed by atoms with Crippen LogP contribution in [0.15, 0.2) is 17.0 Å². The fraction of sp³-hybridized carbons (Fsp3) is 0.625. The first kappa shape index (κ1) is 9.39. The minimum absolute atomic E-state index is 0.454. The van der Waals surface area contributed by atoms with Crippen molar-refractivity contribution in [2.45, 2.75) is 19.3 Å². The lowest BCUT2D eigenvalue weighted by atomic mass is 10.0. The second-order valence-corrected chi connectivity index (χ2v) is 2.92. The van der Waals surface area contributed by atoms with Crippen molar-refractivity contribution in [3.05, 3.63) is 11.8 Å². The molecule has 1 aliphatic carbocycles. The Morgan fingerprint density at radius 1 is 1.67 bits per heavy atom. The van der Waals surface area contributed by atoms with E-state index >= 15 is 0 Å². The number of nitrogens with zero attached hydrogens (tertiary/aromatic N) is 1. The van der Waals surface area contributed by atoms with E-state index in [2.05, 4.69) is 5.16 Å². The van der Waals surface area contributed by atoms with Crippen LogP contribution in [0.25, 0.3) is 0 Å². The van der Waals surface area contributed by atoms with Crippen LogP contribution in [0.4, 0.5) is 0 Å².